The van der Waals surface area contributed by atoms with E-state index in [0.717, 1.165) is 42.4 Å². The SMILES string of the molecule is CCN(CC1COc2ccccc2O1)C(=O)NCC1CCN(c2cccc(OC)c2)C1. The van der Waals surface area contributed by atoms with Gasteiger partial charge in [-0.1, -0.05) is 18.2 Å². The van der Waals surface area contributed by atoms with Gasteiger partial charge >= 0.3 is 6.03 Å². The number of likely N-dealkylation sites (N-methyl/N-ethyl adjacent to an activating group) is 1. The van der Waals surface area contributed by atoms with Crippen molar-refractivity contribution in [2.45, 2.75) is 19.4 Å². The Hall–Kier alpha value is -3.09. The lowest BCUT2D eigenvalue weighted by Gasteiger charge is -2.31. The highest BCUT2D eigenvalue weighted by Crippen LogP contribution is 2.31. The standard InChI is InChI=1S/C24H31N3O4/c1-3-26(16-21-17-30-22-9-4-5-10-23(22)31-21)24(28)25-14-18-11-12-27(15-18)19-7-6-8-20(13-19)29-2/h4-10,13,18,21H,3,11-12,14-17H2,1-2H3,(H,25,28). The van der Waals surface area contributed by atoms with Gasteiger partial charge in [-0.25, -0.2) is 4.79 Å². The van der Waals surface area contributed by atoms with Crippen molar-refractivity contribution in [1.29, 1.82) is 0 Å². The summed E-state index contributed by atoms with van der Waals surface area (Å²) in [6, 6.07) is 15.7. The quantitative estimate of drug-likeness (QED) is 0.737. The Kier molecular flexibility index (Phi) is 6.70. The maximum Gasteiger partial charge on any atom is 0.317 e. The molecule has 1 N–H and O–H groups in total. The van der Waals surface area contributed by atoms with Crippen LogP contribution < -0.4 is 24.4 Å². The first-order valence-electron chi connectivity index (χ1n) is 11.0. The average molecular weight is 426 g/mol. The number of urea groups is 1. The number of methoxy groups -OCH3 is 1. The predicted octanol–water partition coefficient (Wildman–Crippen LogP) is 3.39. The van der Waals surface area contributed by atoms with Crippen LogP contribution >= 0.6 is 0 Å². The molecule has 0 aliphatic carbocycles. The van der Waals surface area contributed by atoms with Crippen LogP contribution in [0.25, 0.3) is 0 Å². The van der Waals surface area contributed by atoms with Crippen molar-refractivity contribution in [2.24, 2.45) is 5.92 Å². The van der Waals surface area contributed by atoms with Crippen molar-refractivity contribution in [3.05, 3.63) is 48.5 Å². The van der Waals surface area contributed by atoms with Crippen molar-refractivity contribution in [3.63, 3.8) is 0 Å². The number of hydrogen-bond acceptors (Lipinski definition) is 5. The van der Waals surface area contributed by atoms with E-state index < -0.39 is 0 Å². The van der Waals surface area contributed by atoms with Crippen molar-refractivity contribution >= 4 is 11.7 Å². The number of ether oxygens (including phenoxy) is 3. The maximum absolute atomic E-state index is 12.8. The Labute approximate surface area is 183 Å². The molecule has 0 spiro atoms. The summed E-state index contributed by atoms with van der Waals surface area (Å²) in [6.07, 6.45) is 0.885. The predicted molar refractivity (Wildman–Crippen MR) is 120 cm³/mol. The monoisotopic (exact) mass is 425 g/mol. The van der Waals surface area contributed by atoms with E-state index in [0.29, 0.717) is 32.2 Å². The number of nitrogens with zero attached hydrogens (tertiary/aromatic N) is 2. The van der Waals surface area contributed by atoms with Crippen molar-refractivity contribution in [1.82, 2.24) is 10.2 Å². The molecule has 0 aromatic heterocycles. The first kappa shape index (κ1) is 21.2. The lowest BCUT2D eigenvalue weighted by molar-refractivity contribution is 0.0674. The summed E-state index contributed by atoms with van der Waals surface area (Å²) in [5.41, 5.74) is 1.16. The second-order valence-electron chi connectivity index (χ2n) is 8.02. The van der Waals surface area contributed by atoms with Crippen molar-refractivity contribution in [2.75, 3.05) is 51.3 Å². The van der Waals surface area contributed by atoms with E-state index in [1.54, 1.807) is 12.0 Å². The number of carbonyl (C=O) groups is 1. The van der Waals surface area contributed by atoms with Gasteiger partial charge in [0.1, 0.15) is 12.4 Å². The number of nitrogens with one attached hydrogen (secondary N) is 1. The minimum absolute atomic E-state index is 0.0511. The molecule has 2 unspecified atom stereocenters. The molecule has 2 aromatic rings. The number of benzene rings is 2. The summed E-state index contributed by atoms with van der Waals surface area (Å²) in [5.74, 6) is 2.78. The Morgan fingerprint density at radius 3 is 2.87 bits per heavy atom. The molecular weight excluding hydrogens is 394 g/mol. The van der Waals surface area contributed by atoms with Gasteiger partial charge < -0.3 is 29.3 Å². The van der Waals surface area contributed by atoms with Gasteiger partial charge in [0.15, 0.2) is 17.6 Å². The van der Waals surface area contributed by atoms with Crippen LogP contribution in [0.5, 0.6) is 17.2 Å². The fourth-order valence-electron chi connectivity index (χ4n) is 4.14. The molecule has 166 valence electrons. The van der Waals surface area contributed by atoms with Gasteiger partial charge in [-0.05, 0) is 43.5 Å². The first-order valence-corrected chi connectivity index (χ1v) is 11.0. The summed E-state index contributed by atoms with van der Waals surface area (Å²) < 4.78 is 17.1. The van der Waals surface area contributed by atoms with Crippen molar-refractivity contribution in [3.8, 4) is 17.2 Å². The topological polar surface area (TPSA) is 63.3 Å². The van der Waals surface area contributed by atoms with E-state index in [-0.39, 0.29) is 12.1 Å². The zero-order valence-corrected chi connectivity index (χ0v) is 18.3. The Balaban J connectivity index is 1.25. The molecule has 1 saturated heterocycles. The number of carbonyl (C=O) groups excluding carboxylic acids is 1. The zero-order chi connectivity index (χ0) is 21.6. The second-order valence-corrected chi connectivity index (χ2v) is 8.02. The van der Waals surface area contributed by atoms with E-state index in [4.69, 9.17) is 14.2 Å². The molecule has 2 aliphatic heterocycles. The molecular formula is C24H31N3O4. The molecule has 2 atom stereocenters. The minimum Gasteiger partial charge on any atom is -0.497 e. The summed E-state index contributed by atoms with van der Waals surface area (Å²) in [7, 11) is 1.68. The van der Waals surface area contributed by atoms with Crippen LogP contribution in [-0.2, 0) is 0 Å². The normalized spacial score (nSPS) is 19.7. The third kappa shape index (κ3) is 5.16. The van der Waals surface area contributed by atoms with E-state index in [1.807, 2.05) is 43.3 Å². The Bertz CT molecular complexity index is 891. The fraction of sp³-hybridized carbons (Fsp3) is 0.458. The Morgan fingerprint density at radius 1 is 1.23 bits per heavy atom. The molecule has 7 heteroatoms. The van der Waals surface area contributed by atoms with Crippen LogP contribution in [0.2, 0.25) is 0 Å². The van der Waals surface area contributed by atoms with E-state index in [1.165, 1.54) is 0 Å². The molecule has 0 saturated carbocycles. The van der Waals surface area contributed by atoms with Gasteiger partial charge in [-0.15, -0.1) is 0 Å². The average Bonchev–Trinajstić information content (AvgIpc) is 3.30. The number of fused-ring (bicyclic) bond motifs is 1. The van der Waals surface area contributed by atoms with Crippen LogP contribution in [0, 0.1) is 5.92 Å². The number of amides is 2. The largest absolute Gasteiger partial charge is 0.497 e. The minimum atomic E-state index is -0.171. The van der Waals surface area contributed by atoms with Crippen molar-refractivity contribution < 1.29 is 19.0 Å². The Morgan fingerprint density at radius 2 is 2.06 bits per heavy atom. The maximum atomic E-state index is 12.8. The molecule has 0 bridgehead atoms. The van der Waals surface area contributed by atoms with Gasteiger partial charge in [-0.3, -0.25) is 0 Å². The number of para-hydroxylation sites is 2. The fourth-order valence-corrected chi connectivity index (χ4v) is 4.14. The molecule has 4 rings (SSSR count). The summed E-state index contributed by atoms with van der Waals surface area (Å²) in [4.78, 5) is 16.9. The molecule has 1 fully saturated rings. The molecule has 2 aliphatic rings. The van der Waals surface area contributed by atoms with Crippen LogP contribution in [0.1, 0.15) is 13.3 Å². The molecule has 31 heavy (non-hydrogen) atoms. The van der Waals surface area contributed by atoms with Gasteiger partial charge in [0.05, 0.1) is 13.7 Å². The van der Waals surface area contributed by atoms with Gasteiger partial charge in [-0.2, -0.15) is 0 Å². The number of hydrogen-bond donors (Lipinski definition) is 1. The third-order valence-corrected chi connectivity index (χ3v) is 5.91. The van der Waals surface area contributed by atoms with E-state index in [9.17, 15) is 4.79 Å². The van der Waals surface area contributed by atoms with Crippen LogP contribution in [0.3, 0.4) is 0 Å². The molecule has 7 nitrogen and oxygen atoms in total. The summed E-state index contributed by atoms with van der Waals surface area (Å²) in [5, 5.41) is 3.12. The lowest BCUT2D eigenvalue weighted by Crippen LogP contribution is -2.48. The highest BCUT2D eigenvalue weighted by atomic mass is 16.6. The van der Waals surface area contributed by atoms with Gasteiger partial charge in [0.2, 0.25) is 0 Å². The van der Waals surface area contributed by atoms with Crippen LogP contribution in [0.15, 0.2) is 48.5 Å². The first-order chi connectivity index (χ1) is 15.2. The van der Waals surface area contributed by atoms with Crippen LogP contribution in [-0.4, -0.2) is 63.5 Å². The summed E-state index contributed by atoms with van der Waals surface area (Å²) >= 11 is 0. The molecule has 2 heterocycles. The molecule has 0 radical (unpaired) electrons. The molecule has 2 aromatic carbocycles. The highest BCUT2D eigenvalue weighted by molar-refractivity contribution is 5.74. The summed E-state index contributed by atoms with van der Waals surface area (Å²) in [6.45, 7) is 6.12. The van der Waals surface area contributed by atoms with E-state index in [2.05, 4.69) is 22.3 Å². The van der Waals surface area contributed by atoms with Gasteiger partial charge in [0.25, 0.3) is 0 Å². The third-order valence-electron chi connectivity index (χ3n) is 5.91. The van der Waals surface area contributed by atoms with Crippen LogP contribution in [0.4, 0.5) is 10.5 Å². The van der Waals surface area contributed by atoms with E-state index >= 15 is 0 Å². The zero-order valence-electron chi connectivity index (χ0n) is 18.3. The highest BCUT2D eigenvalue weighted by Gasteiger charge is 2.27. The smallest absolute Gasteiger partial charge is 0.317 e. The second kappa shape index (κ2) is 9.81. The number of rotatable bonds is 7. The lowest BCUT2D eigenvalue weighted by atomic mass is 10.1. The number of anilines is 1. The van der Waals surface area contributed by atoms with Gasteiger partial charge in [0, 0.05) is 37.9 Å². The molecule has 2 amide bonds.